The van der Waals surface area contributed by atoms with E-state index in [1.165, 1.54) is 11.1 Å². The van der Waals surface area contributed by atoms with E-state index in [0.717, 1.165) is 0 Å². The normalized spacial score (nSPS) is 12.1. The SMILES string of the molecule is COc1ccc(N(C(=O)Nc2ccc(Cl)cc2Cl)c2ccnc(N[C@@H](C)C(C)(C)O)n2)cc1. The molecule has 0 aliphatic rings. The molecule has 0 bridgehead atoms. The molecule has 3 N–H and O–H groups in total. The summed E-state index contributed by atoms with van der Waals surface area (Å²) < 4.78 is 5.22. The molecule has 0 fully saturated rings. The van der Waals surface area contributed by atoms with Crippen LogP contribution in [0, 0.1) is 0 Å². The van der Waals surface area contributed by atoms with E-state index >= 15 is 0 Å². The molecule has 3 rings (SSSR count). The summed E-state index contributed by atoms with van der Waals surface area (Å²) in [4.78, 5) is 23.5. The first-order chi connectivity index (χ1) is 15.6. The van der Waals surface area contributed by atoms with Gasteiger partial charge in [0.25, 0.3) is 0 Å². The lowest BCUT2D eigenvalue weighted by Crippen LogP contribution is -2.40. The number of halogens is 2. The number of aliphatic hydroxyl groups is 1. The first kappa shape index (κ1) is 24.6. The molecule has 0 spiro atoms. The molecule has 3 aromatic rings. The summed E-state index contributed by atoms with van der Waals surface area (Å²) in [5.74, 6) is 1.21. The van der Waals surface area contributed by atoms with Gasteiger partial charge in [-0.3, -0.25) is 0 Å². The van der Waals surface area contributed by atoms with Crippen LogP contribution in [0.5, 0.6) is 5.75 Å². The number of methoxy groups -OCH3 is 1. The summed E-state index contributed by atoms with van der Waals surface area (Å²) in [6.07, 6.45) is 1.53. The topological polar surface area (TPSA) is 99.6 Å². The third-order valence-corrected chi connectivity index (χ3v) is 5.53. The van der Waals surface area contributed by atoms with Crippen LogP contribution >= 0.6 is 23.2 Å². The van der Waals surface area contributed by atoms with Gasteiger partial charge in [-0.1, -0.05) is 23.2 Å². The van der Waals surface area contributed by atoms with Crippen molar-refractivity contribution in [1.82, 2.24) is 9.97 Å². The van der Waals surface area contributed by atoms with Gasteiger partial charge in [-0.15, -0.1) is 0 Å². The van der Waals surface area contributed by atoms with Crippen LogP contribution in [-0.4, -0.2) is 39.9 Å². The Morgan fingerprint density at radius 1 is 1.15 bits per heavy atom. The van der Waals surface area contributed by atoms with Crippen molar-refractivity contribution >= 4 is 52.4 Å². The van der Waals surface area contributed by atoms with Crippen molar-refractivity contribution in [2.75, 3.05) is 22.6 Å². The van der Waals surface area contributed by atoms with Crippen molar-refractivity contribution in [2.24, 2.45) is 0 Å². The number of nitrogens with zero attached hydrogens (tertiary/aromatic N) is 3. The van der Waals surface area contributed by atoms with E-state index in [1.54, 1.807) is 69.5 Å². The van der Waals surface area contributed by atoms with Gasteiger partial charge in [0, 0.05) is 17.3 Å². The van der Waals surface area contributed by atoms with E-state index in [9.17, 15) is 9.90 Å². The Bertz CT molecular complexity index is 1120. The Labute approximate surface area is 202 Å². The number of hydrogen-bond donors (Lipinski definition) is 3. The fourth-order valence-corrected chi connectivity index (χ4v) is 3.22. The minimum atomic E-state index is -1.00. The van der Waals surface area contributed by atoms with Gasteiger partial charge in [0.1, 0.15) is 11.6 Å². The van der Waals surface area contributed by atoms with Gasteiger partial charge in [-0.05, 0) is 63.2 Å². The van der Waals surface area contributed by atoms with Gasteiger partial charge in [0.2, 0.25) is 5.95 Å². The van der Waals surface area contributed by atoms with Crippen molar-refractivity contribution in [2.45, 2.75) is 32.4 Å². The average Bonchev–Trinajstić information content (AvgIpc) is 2.76. The molecule has 0 unspecified atom stereocenters. The average molecular weight is 490 g/mol. The number of carbonyl (C=O) groups excluding carboxylic acids is 1. The minimum absolute atomic E-state index is 0.262. The molecule has 2 aromatic carbocycles. The molecule has 8 nitrogen and oxygen atoms in total. The standard InChI is InChI=1S/C23H25Cl2N5O3/c1-14(23(2,3)32)27-21-26-12-11-20(29-21)30(16-6-8-17(33-4)9-7-16)22(31)28-19-10-5-15(24)13-18(19)25/h5-14,32H,1-4H3,(H,28,31)(H,26,27,29)/t14-/m0/s1. The minimum Gasteiger partial charge on any atom is -0.497 e. The van der Waals surface area contributed by atoms with E-state index in [4.69, 9.17) is 27.9 Å². The predicted octanol–water partition coefficient (Wildman–Crippen LogP) is 5.73. The van der Waals surface area contributed by atoms with Gasteiger partial charge in [0.05, 0.1) is 35.2 Å². The molecule has 10 heteroatoms. The summed E-state index contributed by atoms with van der Waals surface area (Å²) >= 11 is 12.2. The molecule has 0 saturated carbocycles. The quantitative estimate of drug-likeness (QED) is 0.391. The predicted molar refractivity (Wildman–Crippen MR) is 132 cm³/mol. The maximum atomic E-state index is 13.4. The Balaban J connectivity index is 1.98. The lowest BCUT2D eigenvalue weighted by Gasteiger charge is -2.27. The Hall–Kier alpha value is -3.07. The molecule has 33 heavy (non-hydrogen) atoms. The highest BCUT2D eigenvalue weighted by atomic mass is 35.5. The Morgan fingerprint density at radius 2 is 1.85 bits per heavy atom. The number of aromatic nitrogens is 2. The highest BCUT2D eigenvalue weighted by Gasteiger charge is 2.25. The Kier molecular flexibility index (Phi) is 7.63. The number of anilines is 4. The maximum Gasteiger partial charge on any atom is 0.332 e. The second kappa shape index (κ2) is 10.2. The summed E-state index contributed by atoms with van der Waals surface area (Å²) in [6, 6.07) is 12.5. The molecule has 0 aliphatic heterocycles. The van der Waals surface area contributed by atoms with Crippen molar-refractivity contribution < 1.29 is 14.6 Å². The zero-order valence-electron chi connectivity index (χ0n) is 18.6. The second-order valence-electron chi connectivity index (χ2n) is 7.85. The van der Waals surface area contributed by atoms with E-state index < -0.39 is 11.6 Å². The summed E-state index contributed by atoms with van der Waals surface area (Å²) in [5.41, 5.74) is -0.0659. The van der Waals surface area contributed by atoms with Crippen LogP contribution in [0.15, 0.2) is 54.7 Å². The zero-order chi connectivity index (χ0) is 24.2. The Morgan fingerprint density at radius 3 is 2.45 bits per heavy atom. The number of benzene rings is 2. The van der Waals surface area contributed by atoms with E-state index in [0.29, 0.717) is 33.0 Å². The second-order valence-corrected chi connectivity index (χ2v) is 8.69. The van der Waals surface area contributed by atoms with Gasteiger partial charge in [-0.2, -0.15) is 4.98 Å². The van der Waals surface area contributed by atoms with Crippen LogP contribution in [0.1, 0.15) is 20.8 Å². The largest absolute Gasteiger partial charge is 0.497 e. The van der Waals surface area contributed by atoms with Crippen LogP contribution < -0.4 is 20.3 Å². The van der Waals surface area contributed by atoms with Gasteiger partial charge in [0.15, 0.2) is 0 Å². The van der Waals surface area contributed by atoms with E-state index in [2.05, 4.69) is 20.6 Å². The van der Waals surface area contributed by atoms with Crippen molar-refractivity contribution in [1.29, 1.82) is 0 Å². The molecule has 2 amide bonds. The number of urea groups is 1. The number of hydrogen-bond acceptors (Lipinski definition) is 6. The lowest BCUT2D eigenvalue weighted by atomic mass is 10.0. The lowest BCUT2D eigenvalue weighted by molar-refractivity contribution is 0.0646. The summed E-state index contributed by atoms with van der Waals surface area (Å²) in [7, 11) is 1.56. The molecule has 174 valence electrons. The molecule has 1 atom stereocenters. The molecule has 0 saturated heterocycles. The van der Waals surface area contributed by atoms with Crippen LogP contribution in [0.3, 0.4) is 0 Å². The van der Waals surface area contributed by atoms with Gasteiger partial charge in [-0.25, -0.2) is 14.7 Å². The van der Waals surface area contributed by atoms with E-state index in [1.807, 2.05) is 6.92 Å². The highest BCUT2D eigenvalue weighted by Crippen LogP contribution is 2.30. The zero-order valence-corrected chi connectivity index (χ0v) is 20.1. The fourth-order valence-electron chi connectivity index (χ4n) is 2.76. The maximum absolute atomic E-state index is 13.4. The van der Waals surface area contributed by atoms with E-state index in [-0.39, 0.29) is 12.0 Å². The number of rotatable bonds is 7. The van der Waals surface area contributed by atoms with Crippen LogP contribution in [-0.2, 0) is 0 Å². The number of ether oxygens (including phenoxy) is 1. The molecule has 0 radical (unpaired) electrons. The molecule has 1 aromatic heterocycles. The highest BCUT2D eigenvalue weighted by molar-refractivity contribution is 6.36. The molecule has 0 aliphatic carbocycles. The first-order valence-corrected chi connectivity index (χ1v) is 10.9. The number of carbonyl (C=O) groups is 1. The van der Waals surface area contributed by atoms with Crippen molar-refractivity contribution in [3.8, 4) is 5.75 Å². The monoisotopic (exact) mass is 489 g/mol. The fraction of sp³-hybridized carbons (Fsp3) is 0.261. The van der Waals surface area contributed by atoms with Crippen LogP contribution in [0.25, 0.3) is 0 Å². The number of amides is 2. The van der Waals surface area contributed by atoms with Crippen molar-refractivity contribution in [3.63, 3.8) is 0 Å². The van der Waals surface area contributed by atoms with Crippen LogP contribution in [0.2, 0.25) is 10.0 Å². The smallest absolute Gasteiger partial charge is 0.332 e. The van der Waals surface area contributed by atoms with Crippen molar-refractivity contribution in [3.05, 3.63) is 64.8 Å². The van der Waals surface area contributed by atoms with Gasteiger partial charge < -0.3 is 20.5 Å². The first-order valence-electron chi connectivity index (χ1n) is 10.1. The third-order valence-electron chi connectivity index (χ3n) is 4.98. The van der Waals surface area contributed by atoms with Crippen LogP contribution in [0.4, 0.5) is 27.9 Å². The summed E-state index contributed by atoms with van der Waals surface area (Å²) in [6.45, 7) is 5.18. The summed E-state index contributed by atoms with van der Waals surface area (Å²) in [5, 5.41) is 16.8. The third kappa shape index (κ3) is 6.25. The van der Waals surface area contributed by atoms with Gasteiger partial charge >= 0.3 is 6.03 Å². The molecule has 1 heterocycles. The molecular formula is C23H25Cl2N5O3. The molecular weight excluding hydrogens is 465 g/mol. The number of nitrogens with one attached hydrogen (secondary N) is 2.